The Labute approximate surface area is 113 Å². The van der Waals surface area contributed by atoms with Gasteiger partial charge in [0.15, 0.2) is 6.10 Å². The van der Waals surface area contributed by atoms with Crippen LogP contribution in [0.5, 0.6) is 5.75 Å². The molecule has 8 heteroatoms. The summed E-state index contributed by atoms with van der Waals surface area (Å²) in [4.78, 5) is 31.5. The summed E-state index contributed by atoms with van der Waals surface area (Å²) in [6.45, 7) is 1.41. The molecule has 0 radical (unpaired) electrons. The molecular weight excluding hydrogens is 268 g/mol. The average Bonchev–Trinajstić information content (AvgIpc) is 2.36. The number of carbonyl (C=O) groups excluding carboxylic acids is 1. The molecule has 1 unspecified atom stereocenters. The van der Waals surface area contributed by atoms with Gasteiger partial charge in [-0.15, -0.1) is 0 Å². The Hall–Kier alpha value is -2.90. The van der Waals surface area contributed by atoms with Gasteiger partial charge in [0.05, 0.1) is 4.92 Å². The van der Waals surface area contributed by atoms with E-state index in [9.17, 15) is 19.7 Å². The summed E-state index contributed by atoms with van der Waals surface area (Å²) in [5, 5.41) is 19.3. The third-order valence-corrected chi connectivity index (χ3v) is 2.31. The minimum absolute atomic E-state index is 0.124. The van der Waals surface area contributed by atoms with Crippen LogP contribution in [0.2, 0.25) is 0 Å². The first-order valence-corrected chi connectivity index (χ1v) is 5.46. The highest BCUT2D eigenvalue weighted by atomic mass is 16.6. The summed E-state index contributed by atoms with van der Waals surface area (Å²) >= 11 is 0. The molecule has 0 saturated carbocycles. The number of rotatable bonds is 6. The van der Waals surface area contributed by atoms with E-state index in [0.717, 1.165) is 18.2 Å². The molecular formula is C12H12N2O6. The van der Waals surface area contributed by atoms with Gasteiger partial charge in [0, 0.05) is 23.8 Å². The maximum atomic E-state index is 10.9. The second-order valence-electron chi connectivity index (χ2n) is 3.81. The van der Waals surface area contributed by atoms with Crippen LogP contribution in [0.15, 0.2) is 24.3 Å². The van der Waals surface area contributed by atoms with Gasteiger partial charge in [-0.25, -0.2) is 4.79 Å². The molecule has 1 aromatic carbocycles. The van der Waals surface area contributed by atoms with E-state index in [1.54, 1.807) is 0 Å². The molecule has 0 aliphatic heterocycles. The van der Waals surface area contributed by atoms with Crippen molar-refractivity contribution in [3.63, 3.8) is 0 Å². The van der Waals surface area contributed by atoms with E-state index in [0.29, 0.717) is 0 Å². The molecule has 0 aliphatic carbocycles. The Bertz CT molecular complexity index is 581. The number of ether oxygens (including phenoxy) is 1. The molecule has 0 aliphatic rings. The normalized spacial score (nSPS) is 12.1. The number of nitro benzene ring substituents is 1. The zero-order valence-electron chi connectivity index (χ0n) is 10.5. The molecule has 8 nitrogen and oxygen atoms in total. The van der Waals surface area contributed by atoms with E-state index in [1.165, 1.54) is 19.1 Å². The number of carboxylic acids is 1. The van der Waals surface area contributed by atoms with Crippen LogP contribution in [-0.2, 0) is 9.59 Å². The zero-order valence-corrected chi connectivity index (χ0v) is 10.5. The number of hydrogen-bond donors (Lipinski definition) is 2. The van der Waals surface area contributed by atoms with Crippen LogP contribution in [-0.4, -0.2) is 28.0 Å². The van der Waals surface area contributed by atoms with E-state index in [2.05, 4.69) is 0 Å². The van der Waals surface area contributed by atoms with Gasteiger partial charge in [0.1, 0.15) is 5.75 Å². The lowest BCUT2D eigenvalue weighted by molar-refractivity contribution is -0.384. The molecule has 0 bridgehead atoms. The van der Waals surface area contributed by atoms with Crippen molar-refractivity contribution in [2.24, 2.45) is 5.73 Å². The first kappa shape index (κ1) is 15.2. The Morgan fingerprint density at radius 2 is 2.15 bits per heavy atom. The van der Waals surface area contributed by atoms with Crippen LogP contribution in [0.4, 0.5) is 5.69 Å². The van der Waals surface area contributed by atoms with E-state index < -0.39 is 22.9 Å². The molecule has 1 atom stereocenters. The van der Waals surface area contributed by atoms with Crippen LogP contribution in [0.25, 0.3) is 6.08 Å². The van der Waals surface area contributed by atoms with Gasteiger partial charge in [0.2, 0.25) is 0 Å². The molecule has 20 heavy (non-hydrogen) atoms. The topological polar surface area (TPSA) is 133 Å². The number of nitro groups is 1. The number of aliphatic carboxylic acids is 1. The van der Waals surface area contributed by atoms with Crippen LogP contribution in [0.1, 0.15) is 12.5 Å². The third kappa shape index (κ3) is 4.09. The van der Waals surface area contributed by atoms with Gasteiger partial charge < -0.3 is 15.6 Å². The molecule has 0 spiro atoms. The maximum Gasteiger partial charge on any atom is 0.328 e. The minimum atomic E-state index is -1.22. The maximum absolute atomic E-state index is 10.9. The first-order chi connectivity index (χ1) is 9.31. The number of nitrogens with zero attached hydrogens (tertiary/aromatic N) is 1. The lowest BCUT2D eigenvalue weighted by Crippen LogP contribution is -2.30. The zero-order chi connectivity index (χ0) is 15.3. The van der Waals surface area contributed by atoms with E-state index >= 15 is 0 Å². The molecule has 0 heterocycles. The SMILES string of the molecule is CC(Oc1ccc([N+](=O)[O-])cc1/C=C/C(=O)O)C(N)=O. The van der Waals surface area contributed by atoms with Crippen LogP contribution < -0.4 is 10.5 Å². The number of primary amides is 1. The highest BCUT2D eigenvalue weighted by Crippen LogP contribution is 2.26. The summed E-state index contributed by atoms with van der Waals surface area (Å²) in [5.74, 6) is -1.80. The highest BCUT2D eigenvalue weighted by molar-refractivity contribution is 5.86. The second kappa shape index (κ2) is 6.32. The minimum Gasteiger partial charge on any atom is -0.480 e. The number of carbonyl (C=O) groups is 2. The van der Waals surface area contributed by atoms with Gasteiger partial charge in [0.25, 0.3) is 11.6 Å². The van der Waals surface area contributed by atoms with Crippen LogP contribution in [0.3, 0.4) is 0 Å². The number of non-ortho nitro benzene ring substituents is 1. The predicted octanol–water partition coefficient (Wildman–Crippen LogP) is 0.945. The summed E-state index contributed by atoms with van der Waals surface area (Å²) < 4.78 is 5.23. The molecule has 0 fully saturated rings. The van der Waals surface area contributed by atoms with Gasteiger partial charge in [-0.05, 0) is 19.1 Å². The Morgan fingerprint density at radius 1 is 1.50 bits per heavy atom. The first-order valence-electron chi connectivity index (χ1n) is 5.46. The van der Waals surface area contributed by atoms with Crippen molar-refractivity contribution in [2.75, 3.05) is 0 Å². The molecule has 106 valence electrons. The van der Waals surface area contributed by atoms with Crippen molar-refractivity contribution < 1.29 is 24.4 Å². The van der Waals surface area contributed by atoms with Crippen molar-refractivity contribution in [3.8, 4) is 5.75 Å². The quantitative estimate of drug-likeness (QED) is 0.452. The van der Waals surface area contributed by atoms with Crippen molar-refractivity contribution in [2.45, 2.75) is 13.0 Å². The van der Waals surface area contributed by atoms with E-state index in [1.807, 2.05) is 0 Å². The fourth-order valence-corrected chi connectivity index (χ4v) is 1.30. The lowest BCUT2D eigenvalue weighted by Gasteiger charge is -2.13. The number of carboxylic acid groups (broad SMARTS) is 1. The molecule has 0 aromatic heterocycles. The Kier molecular flexibility index (Phi) is 4.79. The number of nitrogens with two attached hydrogens (primary N) is 1. The number of amides is 1. The Morgan fingerprint density at radius 3 is 2.65 bits per heavy atom. The standard InChI is InChI=1S/C12H12N2O6/c1-7(12(13)17)20-10-4-3-9(14(18)19)6-8(10)2-5-11(15)16/h2-7H,1H3,(H2,13,17)(H,15,16)/b5-2+. The Balaban J connectivity index is 3.18. The second-order valence-corrected chi connectivity index (χ2v) is 3.81. The predicted molar refractivity (Wildman–Crippen MR) is 69.1 cm³/mol. The lowest BCUT2D eigenvalue weighted by atomic mass is 10.1. The smallest absolute Gasteiger partial charge is 0.328 e. The summed E-state index contributed by atoms with van der Waals surface area (Å²) in [7, 11) is 0. The van der Waals surface area contributed by atoms with E-state index in [-0.39, 0.29) is 17.0 Å². The van der Waals surface area contributed by atoms with Crippen molar-refractivity contribution in [1.29, 1.82) is 0 Å². The molecule has 1 aromatic rings. The third-order valence-electron chi connectivity index (χ3n) is 2.31. The van der Waals surface area contributed by atoms with Crippen molar-refractivity contribution in [1.82, 2.24) is 0 Å². The summed E-state index contributed by atoms with van der Waals surface area (Å²) in [6.07, 6.45) is 0.993. The fourth-order valence-electron chi connectivity index (χ4n) is 1.30. The summed E-state index contributed by atoms with van der Waals surface area (Å²) in [6, 6.07) is 3.60. The molecule has 1 rings (SSSR count). The van der Waals surface area contributed by atoms with Crippen LogP contribution in [0, 0.1) is 10.1 Å². The largest absolute Gasteiger partial charge is 0.480 e. The summed E-state index contributed by atoms with van der Waals surface area (Å²) in [5.41, 5.74) is 4.98. The number of benzene rings is 1. The van der Waals surface area contributed by atoms with Crippen molar-refractivity contribution in [3.05, 3.63) is 40.0 Å². The highest BCUT2D eigenvalue weighted by Gasteiger charge is 2.15. The van der Waals surface area contributed by atoms with Gasteiger partial charge in [-0.1, -0.05) is 0 Å². The van der Waals surface area contributed by atoms with Crippen molar-refractivity contribution >= 4 is 23.6 Å². The van der Waals surface area contributed by atoms with E-state index in [4.69, 9.17) is 15.6 Å². The molecule has 3 N–H and O–H groups in total. The number of hydrogen-bond acceptors (Lipinski definition) is 5. The fraction of sp³-hybridized carbons (Fsp3) is 0.167. The van der Waals surface area contributed by atoms with Gasteiger partial charge >= 0.3 is 5.97 Å². The van der Waals surface area contributed by atoms with Gasteiger partial charge in [-0.2, -0.15) is 0 Å². The average molecular weight is 280 g/mol. The molecule has 0 saturated heterocycles. The van der Waals surface area contributed by atoms with Crippen LogP contribution >= 0.6 is 0 Å². The molecule has 1 amide bonds. The van der Waals surface area contributed by atoms with Gasteiger partial charge in [-0.3, -0.25) is 14.9 Å². The monoisotopic (exact) mass is 280 g/mol.